The smallest absolute Gasteiger partial charge is 0.0478 e. The van der Waals surface area contributed by atoms with E-state index in [2.05, 4.69) is 96.7 Å². The van der Waals surface area contributed by atoms with Gasteiger partial charge in [0.15, 0.2) is 0 Å². The molecule has 1 heteroatoms. The van der Waals surface area contributed by atoms with Crippen molar-refractivity contribution in [2.75, 3.05) is 0 Å². The third-order valence-electron chi connectivity index (χ3n) is 4.15. The molecule has 0 aliphatic heterocycles. The zero-order valence-electron chi connectivity index (χ0n) is 12.5. The summed E-state index contributed by atoms with van der Waals surface area (Å²) in [6.45, 7) is 0. The second-order valence-corrected chi connectivity index (χ2v) is 5.68. The average molecular weight is 283 g/mol. The van der Waals surface area contributed by atoms with Crippen LogP contribution in [0.4, 0.5) is 0 Å². The van der Waals surface area contributed by atoms with E-state index in [1.54, 1.807) is 0 Å². The Bertz CT molecular complexity index is 989. The summed E-state index contributed by atoms with van der Waals surface area (Å²) in [5.74, 6) is 0. The molecule has 3 aromatic carbocycles. The van der Waals surface area contributed by atoms with Crippen LogP contribution in [0.25, 0.3) is 33.8 Å². The van der Waals surface area contributed by atoms with Crippen molar-refractivity contribution < 1.29 is 0 Å². The average Bonchev–Trinajstić information content (AvgIpc) is 2.93. The van der Waals surface area contributed by atoms with Crippen LogP contribution in [0.3, 0.4) is 0 Å². The summed E-state index contributed by atoms with van der Waals surface area (Å²) < 4.78 is 2.15. The maximum Gasteiger partial charge on any atom is 0.0478 e. The zero-order chi connectivity index (χ0) is 14.9. The Hall–Kier alpha value is -2.80. The van der Waals surface area contributed by atoms with E-state index in [4.69, 9.17) is 0 Å². The van der Waals surface area contributed by atoms with Crippen LogP contribution in [0.5, 0.6) is 0 Å². The molecule has 0 fully saturated rings. The van der Waals surface area contributed by atoms with Crippen LogP contribution in [0.15, 0.2) is 72.9 Å². The molecular weight excluding hydrogens is 266 g/mol. The number of hydrogen-bond acceptors (Lipinski definition) is 0. The first-order valence-corrected chi connectivity index (χ1v) is 7.52. The third-order valence-corrected chi connectivity index (χ3v) is 4.15. The topological polar surface area (TPSA) is 4.93 Å². The van der Waals surface area contributed by atoms with Gasteiger partial charge in [0.05, 0.1) is 0 Å². The van der Waals surface area contributed by atoms with Crippen molar-refractivity contribution >= 4 is 33.8 Å². The summed E-state index contributed by atoms with van der Waals surface area (Å²) in [5.41, 5.74) is 3.72. The maximum absolute atomic E-state index is 2.23. The standard InChI is InChI=1S/C21H17N/c1-22-13-12-20-15-17(9-11-21(20)22)7-6-16-8-10-18-4-2-3-5-19(18)14-16/h2-15H,1H3/b7-6-. The van der Waals surface area contributed by atoms with Crippen molar-refractivity contribution in [3.8, 4) is 0 Å². The molecule has 0 aliphatic carbocycles. The lowest BCUT2D eigenvalue weighted by molar-refractivity contribution is 0.969. The first-order valence-electron chi connectivity index (χ1n) is 7.52. The van der Waals surface area contributed by atoms with E-state index in [-0.39, 0.29) is 0 Å². The Kier molecular flexibility index (Phi) is 3.05. The monoisotopic (exact) mass is 283 g/mol. The lowest BCUT2D eigenvalue weighted by Gasteiger charge is -2.00. The summed E-state index contributed by atoms with van der Waals surface area (Å²) in [7, 11) is 2.08. The van der Waals surface area contributed by atoms with Gasteiger partial charge in [0.2, 0.25) is 0 Å². The molecule has 0 bridgehead atoms. The number of aromatic nitrogens is 1. The number of fused-ring (bicyclic) bond motifs is 2. The lowest BCUT2D eigenvalue weighted by Crippen LogP contribution is -1.83. The summed E-state index contributed by atoms with van der Waals surface area (Å²) in [4.78, 5) is 0. The van der Waals surface area contributed by atoms with Gasteiger partial charge in [-0.1, -0.05) is 54.6 Å². The number of benzene rings is 3. The lowest BCUT2D eigenvalue weighted by atomic mass is 10.1. The first-order chi connectivity index (χ1) is 10.8. The molecule has 1 nitrogen and oxygen atoms in total. The highest BCUT2D eigenvalue weighted by atomic mass is 14.9. The molecule has 0 aliphatic rings. The van der Waals surface area contributed by atoms with Crippen molar-refractivity contribution in [3.05, 3.63) is 84.1 Å². The summed E-state index contributed by atoms with van der Waals surface area (Å²) in [6.07, 6.45) is 6.45. The van der Waals surface area contributed by atoms with Crippen LogP contribution in [0, 0.1) is 0 Å². The van der Waals surface area contributed by atoms with Gasteiger partial charge in [-0.25, -0.2) is 0 Å². The molecule has 0 unspecified atom stereocenters. The van der Waals surface area contributed by atoms with E-state index in [1.165, 1.54) is 32.8 Å². The summed E-state index contributed by atoms with van der Waals surface area (Å²) in [5, 5.41) is 3.84. The molecule has 0 atom stereocenters. The fourth-order valence-corrected chi connectivity index (χ4v) is 2.91. The van der Waals surface area contributed by atoms with Gasteiger partial charge in [0.1, 0.15) is 0 Å². The van der Waals surface area contributed by atoms with Crippen molar-refractivity contribution in [2.45, 2.75) is 0 Å². The molecule has 0 saturated heterocycles. The zero-order valence-corrected chi connectivity index (χ0v) is 12.5. The van der Waals surface area contributed by atoms with E-state index >= 15 is 0 Å². The van der Waals surface area contributed by atoms with Crippen molar-refractivity contribution in [1.82, 2.24) is 4.57 Å². The highest BCUT2D eigenvalue weighted by molar-refractivity contribution is 5.87. The van der Waals surface area contributed by atoms with Crippen molar-refractivity contribution in [1.29, 1.82) is 0 Å². The predicted molar refractivity (Wildman–Crippen MR) is 95.8 cm³/mol. The van der Waals surface area contributed by atoms with Crippen LogP contribution in [-0.4, -0.2) is 4.57 Å². The van der Waals surface area contributed by atoms with Gasteiger partial charge in [0, 0.05) is 24.1 Å². The van der Waals surface area contributed by atoms with Gasteiger partial charge in [-0.15, -0.1) is 0 Å². The van der Waals surface area contributed by atoms with Crippen molar-refractivity contribution in [3.63, 3.8) is 0 Å². The van der Waals surface area contributed by atoms with Gasteiger partial charge in [-0.2, -0.15) is 0 Å². The van der Waals surface area contributed by atoms with E-state index in [0.29, 0.717) is 0 Å². The fraction of sp³-hybridized carbons (Fsp3) is 0.0476. The Morgan fingerprint density at radius 3 is 2.18 bits per heavy atom. The minimum Gasteiger partial charge on any atom is -0.351 e. The molecule has 0 amide bonds. The highest BCUT2D eigenvalue weighted by Gasteiger charge is 1.98. The second-order valence-electron chi connectivity index (χ2n) is 5.68. The van der Waals surface area contributed by atoms with Gasteiger partial charge in [-0.3, -0.25) is 0 Å². The minimum atomic E-state index is 1.23. The number of nitrogens with zero attached hydrogens (tertiary/aromatic N) is 1. The Morgan fingerprint density at radius 2 is 1.36 bits per heavy atom. The molecule has 1 aromatic heterocycles. The summed E-state index contributed by atoms with van der Waals surface area (Å²) in [6, 6.07) is 23.8. The second kappa shape index (κ2) is 5.19. The highest BCUT2D eigenvalue weighted by Crippen LogP contribution is 2.20. The van der Waals surface area contributed by atoms with Crippen LogP contribution in [0.2, 0.25) is 0 Å². The molecule has 4 aromatic rings. The van der Waals surface area contributed by atoms with Crippen LogP contribution in [0.1, 0.15) is 11.1 Å². The number of aryl methyl sites for hydroxylation is 1. The third kappa shape index (κ3) is 2.31. The molecular formula is C21H17N. The van der Waals surface area contributed by atoms with Gasteiger partial charge >= 0.3 is 0 Å². The SMILES string of the molecule is Cn1ccc2cc(/C=C\c3ccc4ccccc4c3)ccc21. The molecule has 4 rings (SSSR count). The Morgan fingerprint density at radius 1 is 0.682 bits per heavy atom. The van der Waals surface area contributed by atoms with Gasteiger partial charge in [0.25, 0.3) is 0 Å². The molecule has 22 heavy (non-hydrogen) atoms. The Balaban J connectivity index is 1.68. The number of rotatable bonds is 2. The molecule has 106 valence electrons. The van der Waals surface area contributed by atoms with E-state index in [9.17, 15) is 0 Å². The Labute approximate surface area is 130 Å². The fourth-order valence-electron chi connectivity index (χ4n) is 2.91. The van der Waals surface area contributed by atoms with Crippen LogP contribution in [-0.2, 0) is 7.05 Å². The van der Waals surface area contributed by atoms with E-state index in [1.807, 2.05) is 0 Å². The molecule has 1 heterocycles. The normalized spacial score (nSPS) is 11.7. The van der Waals surface area contributed by atoms with Crippen molar-refractivity contribution in [2.24, 2.45) is 7.05 Å². The summed E-state index contributed by atoms with van der Waals surface area (Å²) >= 11 is 0. The van der Waals surface area contributed by atoms with E-state index in [0.717, 1.165) is 0 Å². The maximum atomic E-state index is 2.23. The molecule has 0 radical (unpaired) electrons. The molecule has 0 saturated carbocycles. The minimum absolute atomic E-state index is 1.23. The number of hydrogen-bond donors (Lipinski definition) is 0. The van der Waals surface area contributed by atoms with Crippen LogP contribution >= 0.6 is 0 Å². The molecule has 0 N–H and O–H groups in total. The van der Waals surface area contributed by atoms with Gasteiger partial charge in [-0.05, 0) is 46.2 Å². The molecule has 0 spiro atoms. The van der Waals surface area contributed by atoms with E-state index < -0.39 is 0 Å². The predicted octanol–water partition coefficient (Wildman–Crippen LogP) is 5.50. The first kappa shape index (κ1) is 12.9. The van der Waals surface area contributed by atoms with Crippen LogP contribution < -0.4 is 0 Å². The van der Waals surface area contributed by atoms with Gasteiger partial charge < -0.3 is 4.57 Å². The largest absolute Gasteiger partial charge is 0.351 e. The quantitative estimate of drug-likeness (QED) is 0.428.